The van der Waals surface area contributed by atoms with Crippen molar-refractivity contribution >= 4 is 15.9 Å². The molecule has 1 aromatic carbocycles. The molecule has 1 aliphatic carbocycles. The molecule has 7 heteroatoms. The Hall–Kier alpha value is -1.44. The van der Waals surface area contributed by atoms with Gasteiger partial charge in [0.25, 0.3) is 0 Å². The Labute approximate surface area is 181 Å². The Bertz CT molecular complexity index is 888. The van der Waals surface area contributed by atoms with Crippen LogP contribution < -0.4 is 10.6 Å². The number of nitrogens with one attached hydrogen (secondary N) is 2. The second-order valence-corrected chi connectivity index (χ2v) is 11.2. The van der Waals surface area contributed by atoms with Crippen LogP contribution in [0.15, 0.2) is 22.0 Å². The fraction of sp³-hybridized carbons (Fsp3) is 0.696. The number of benzene rings is 1. The van der Waals surface area contributed by atoms with Crippen LogP contribution in [0, 0.1) is 20.8 Å². The van der Waals surface area contributed by atoms with Crippen molar-refractivity contribution in [1.82, 2.24) is 14.9 Å². The van der Waals surface area contributed by atoms with Crippen LogP contribution in [0.2, 0.25) is 0 Å². The smallest absolute Gasteiger partial charge is 0.243 e. The van der Waals surface area contributed by atoms with E-state index in [1.54, 1.807) is 4.31 Å². The summed E-state index contributed by atoms with van der Waals surface area (Å²) in [5.41, 5.74) is 2.57. The summed E-state index contributed by atoms with van der Waals surface area (Å²) in [6.45, 7) is 8.51. The number of hydrogen-bond donors (Lipinski definition) is 2. The molecule has 1 saturated heterocycles. The Morgan fingerprint density at radius 2 is 1.70 bits per heavy atom. The maximum Gasteiger partial charge on any atom is 0.243 e. The van der Waals surface area contributed by atoms with Gasteiger partial charge in [0.1, 0.15) is 5.84 Å². The van der Waals surface area contributed by atoms with Crippen molar-refractivity contribution in [3.8, 4) is 0 Å². The minimum atomic E-state index is -3.49. The molecule has 2 N–H and O–H groups in total. The van der Waals surface area contributed by atoms with Crippen LogP contribution in [-0.4, -0.2) is 56.3 Å². The monoisotopic (exact) mass is 432 g/mol. The summed E-state index contributed by atoms with van der Waals surface area (Å²) in [7, 11) is -3.49. The average molecular weight is 433 g/mol. The molecule has 3 aliphatic rings. The predicted octanol–water partition coefficient (Wildman–Crippen LogP) is 3.06. The van der Waals surface area contributed by atoms with E-state index in [1.807, 2.05) is 32.9 Å². The maximum atomic E-state index is 13.5. The van der Waals surface area contributed by atoms with Crippen LogP contribution in [0.5, 0.6) is 0 Å². The highest BCUT2D eigenvalue weighted by atomic mass is 32.2. The number of sulfonamides is 1. The first-order valence-electron chi connectivity index (χ1n) is 11.5. The number of amidine groups is 1. The van der Waals surface area contributed by atoms with E-state index in [0.717, 1.165) is 48.5 Å². The van der Waals surface area contributed by atoms with E-state index in [-0.39, 0.29) is 5.54 Å². The van der Waals surface area contributed by atoms with Gasteiger partial charge in [-0.15, -0.1) is 0 Å². The van der Waals surface area contributed by atoms with Gasteiger partial charge in [-0.1, -0.05) is 37.0 Å². The van der Waals surface area contributed by atoms with E-state index in [0.29, 0.717) is 24.0 Å². The zero-order valence-electron chi connectivity index (χ0n) is 18.6. The van der Waals surface area contributed by atoms with Gasteiger partial charge in [-0.25, -0.2) is 8.42 Å². The van der Waals surface area contributed by atoms with Gasteiger partial charge in [0.15, 0.2) is 0 Å². The number of nitrogens with zero attached hydrogens (tertiary/aromatic N) is 2. The highest BCUT2D eigenvalue weighted by Crippen LogP contribution is 2.32. The van der Waals surface area contributed by atoms with Crippen LogP contribution in [0.4, 0.5) is 0 Å². The molecule has 0 amide bonds. The lowest BCUT2D eigenvalue weighted by Gasteiger charge is -2.45. The molecule has 2 aliphatic heterocycles. The summed E-state index contributed by atoms with van der Waals surface area (Å²) in [5, 5.41) is 7.45. The average Bonchev–Trinajstić information content (AvgIpc) is 2.70. The second-order valence-electron chi connectivity index (χ2n) is 9.35. The summed E-state index contributed by atoms with van der Waals surface area (Å²) < 4.78 is 28.6. The maximum absolute atomic E-state index is 13.5. The third-order valence-corrected chi connectivity index (χ3v) is 9.23. The summed E-state index contributed by atoms with van der Waals surface area (Å²) in [6.07, 6.45) is 7.84. The molecular weight excluding hydrogens is 396 g/mol. The molecule has 0 unspecified atom stereocenters. The first kappa shape index (κ1) is 21.8. The number of piperidine rings is 1. The number of aliphatic imine (C=N–C) groups is 1. The fourth-order valence-corrected chi connectivity index (χ4v) is 7.40. The Morgan fingerprint density at radius 3 is 2.33 bits per heavy atom. The molecule has 1 aromatic rings. The highest BCUT2D eigenvalue weighted by Gasteiger charge is 2.44. The van der Waals surface area contributed by atoms with E-state index < -0.39 is 10.0 Å². The highest BCUT2D eigenvalue weighted by molar-refractivity contribution is 7.89. The van der Waals surface area contributed by atoms with E-state index in [9.17, 15) is 8.42 Å². The molecule has 2 fully saturated rings. The predicted molar refractivity (Wildman–Crippen MR) is 122 cm³/mol. The molecule has 0 aromatic heterocycles. The van der Waals surface area contributed by atoms with Gasteiger partial charge in [-0.05, 0) is 57.6 Å². The van der Waals surface area contributed by atoms with Crippen LogP contribution in [0.1, 0.15) is 61.6 Å². The van der Waals surface area contributed by atoms with Crippen LogP contribution in [-0.2, 0) is 10.0 Å². The van der Waals surface area contributed by atoms with Crippen molar-refractivity contribution in [3.63, 3.8) is 0 Å². The fourth-order valence-electron chi connectivity index (χ4n) is 5.55. The molecular formula is C23H36N4O2S. The van der Waals surface area contributed by atoms with Crippen LogP contribution >= 0.6 is 0 Å². The van der Waals surface area contributed by atoms with Crippen molar-refractivity contribution in [2.75, 3.05) is 26.2 Å². The number of aryl methyl sites for hydroxylation is 3. The molecule has 2 heterocycles. The third-order valence-electron chi connectivity index (χ3n) is 7.02. The minimum absolute atomic E-state index is 0.209. The zero-order chi connectivity index (χ0) is 21.4. The summed E-state index contributed by atoms with van der Waals surface area (Å²) in [6, 6.07) is 4.44. The summed E-state index contributed by atoms with van der Waals surface area (Å²) in [4.78, 5) is 5.34. The molecule has 0 radical (unpaired) electrons. The van der Waals surface area contributed by atoms with E-state index >= 15 is 0 Å². The van der Waals surface area contributed by atoms with Crippen molar-refractivity contribution in [2.24, 2.45) is 4.99 Å². The van der Waals surface area contributed by atoms with Crippen molar-refractivity contribution in [3.05, 3.63) is 28.8 Å². The first-order valence-corrected chi connectivity index (χ1v) is 12.9. The number of hydrogen-bond acceptors (Lipinski definition) is 5. The van der Waals surface area contributed by atoms with Gasteiger partial charge in [0.2, 0.25) is 10.0 Å². The van der Waals surface area contributed by atoms with Gasteiger partial charge < -0.3 is 10.6 Å². The van der Waals surface area contributed by atoms with Gasteiger partial charge in [-0.2, -0.15) is 4.31 Å². The SMILES string of the molecule is Cc1cc(C)c(S(=O)(=O)N2CCC3(CC2)NCCN=C3NC2CCCCC2)c(C)c1. The topological polar surface area (TPSA) is 73.8 Å². The van der Waals surface area contributed by atoms with E-state index in [2.05, 4.69) is 10.6 Å². The molecule has 4 rings (SSSR count). The lowest BCUT2D eigenvalue weighted by atomic mass is 9.84. The van der Waals surface area contributed by atoms with Crippen LogP contribution in [0.3, 0.4) is 0 Å². The summed E-state index contributed by atoms with van der Waals surface area (Å²) >= 11 is 0. The lowest BCUT2D eigenvalue weighted by molar-refractivity contribution is 0.238. The molecule has 30 heavy (non-hydrogen) atoms. The quantitative estimate of drug-likeness (QED) is 0.770. The second kappa shape index (κ2) is 8.60. The molecule has 0 atom stereocenters. The first-order chi connectivity index (χ1) is 14.3. The molecule has 6 nitrogen and oxygen atoms in total. The molecule has 1 saturated carbocycles. The number of rotatable bonds is 3. The summed E-state index contributed by atoms with van der Waals surface area (Å²) in [5.74, 6) is 1.07. The van der Waals surface area contributed by atoms with E-state index in [4.69, 9.17) is 4.99 Å². The zero-order valence-corrected chi connectivity index (χ0v) is 19.4. The largest absolute Gasteiger partial charge is 0.370 e. The van der Waals surface area contributed by atoms with E-state index in [1.165, 1.54) is 32.1 Å². The van der Waals surface area contributed by atoms with Crippen molar-refractivity contribution in [1.29, 1.82) is 0 Å². The van der Waals surface area contributed by atoms with Crippen LogP contribution in [0.25, 0.3) is 0 Å². The Kier molecular flexibility index (Phi) is 6.24. The normalized spacial score (nSPS) is 23.4. The van der Waals surface area contributed by atoms with Gasteiger partial charge in [-0.3, -0.25) is 4.99 Å². The van der Waals surface area contributed by atoms with Gasteiger partial charge in [0, 0.05) is 25.7 Å². The van der Waals surface area contributed by atoms with Crippen molar-refractivity contribution in [2.45, 2.75) is 82.2 Å². The van der Waals surface area contributed by atoms with Gasteiger partial charge in [0.05, 0.1) is 17.0 Å². The Balaban J connectivity index is 1.51. The minimum Gasteiger partial charge on any atom is -0.370 e. The lowest BCUT2D eigenvalue weighted by Crippen LogP contribution is -2.65. The molecule has 1 spiro atoms. The molecule has 166 valence electrons. The third kappa shape index (κ3) is 4.16. The standard InChI is InChI=1S/C23H36N4O2S/c1-17-15-18(2)21(19(3)16-17)30(28,29)27-13-9-23(10-14-27)22(24-11-12-25-23)26-20-7-5-4-6-8-20/h15-16,20,25H,4-14H2,1-3H3,(H,24,26). The molecule has 0 bridgehead atoms. The van der Waals surface area contributed by atoms with Gasteiger partial charge >= 0.3 is 0 Å². The van der Waals surface area contributed by atoms with Crippen molar-refractivity contribution < 1.29 is 8.42 Å². The Morgan fingerprint density at radius 1 is 1.07 bits per heavy atom.